The first kappa shape index (κ1) is 11.4. The third-order valence-corrected chi connectivity index (χ3v) is 1.81. The van der Waals surface area contributed by atoms with Crippen LogP contribution in [0.4, 0.5) is 10.5 Å². The molecule has 0 saturated carbocycles. The number of urea groups is 1. The Labute approximate surface area is 89.4 Å². The van der Waals surface area contributed by atoms with Gasteiger partial charge in [-0.15, -0.1) is 0 Å². The van der Waals surface area contributed by atoms with Crippen molar-refractivity contribution in [1.29, 1.82) is 0 Å². The van der Waals surface area contributed by atoms with Crippen LogP contribution in [0.1, 0.15) is 19.4 Å². The molecule has 0 heterocycles. The summed E-state index contributed by atoms with van der Waals surface area (Å²) in [5.41, 5.74) is 6.66. The highest BCUT2D eigenvalue weighted by Gasteiger charge is 2.03. The summed E-state index contributed by atoms with van der Waals surface area (Å²) in [6.07, 6.45) is 0.138. The molecular formula is C11H16N2O2. The van der Waals surface area contributed by atoms with Crippen LogP contribution in [-0.4, -0.2) is 12.1 Å². The van der Waals surface area contributed by atoms with Crippen LogP contribution in [0.5, 0.6) is 5.75 Å². The van der Waals surface area contributed by atoms with E-state index in [0.29, 0.717) is 5.69 Å². The molecule has 0 aromatic heterocycles. The summed E-state index contributed by atoms with van der Waals surface area (Å²) in [6.45, 7) is 5.86. The predicted octanol–water partition coefficient (Wildman–Crippen LogP) is 2.27. The molecule has 0 radical (unpaired) electrons. The first-order chi connectivity index (χ1) is 6.99. The van der Waals surface area contributed by atoms with Gasteiger partial charge < -0.3 is 15.8 Å². The minimum atomic E-state index is -0.563. The molecule has 0 saturated heterocycles. The van der Waals surface area contributed by atoms with Gasteiger partial charge >= 0.3 is 6.03 Å². The molecule has 4 heteroatoms. The Hall–Kier alpha value is -1.71. The molecule has 0 aliphatic rings. The van der Waals surface area contributed by atoms with Crippen LogP contribution in [0.15, 0.2) is 18.2 Å². The number of hydrogen-bond acceptors (Lipinski definition) is 2. The Morgan fingerprint density at radius 3 is 2.60 bits per heavy atom. The molecule has 82 valence electrons. The van der Waals surface area contributed by atoms with Gasteiger partial charge in [-0.1, -0.05) is 0 Å². The summed E-state index contributed by atoms with van der Waals surface area (Å²) in [7, 11) is 0. The summed E-state index contributed by atoms with van der Waals surface area (Å²) in [4.78, 5) is 10.6. The van der Waals surface area contributed by atoms with Crippen molar-refractivity contribution in [3.8, 4) is 5.75 Å². The highest BCUT2D eigenvalue weighted by Crippen LogP contribution is 2.22. The lowest BCUT2D eigenvalue weighted by atomic mass is 10.2. The first-order valence-electron chi connectivity index (χ1n) is 4.83. The lowest BCUT2D eigenvalue weighted by molar-refractivity contribution is 0.241. The van der Waals surface area contributed by atoms with E-state index in [9.17, 15) is 4.79 Å². The summed E-state index contributed by atoms with van der Waals surface area (Å²) in [5.74, 6) is 0.819. The van der Waals surface area contributed by atoms with Gasteiger partial charge in [0.15, 0.2) is 0 Å². The number of anilines is 1. The van der Waals surface area contributed by atoms with E-state index in [1.807, 2.05) is 32.9 Å². The van der Waals surface area contributed by atoms with E-state index < -0.39 is 6.03 Å². The summed E-state index contributed by atoms with van der Waals surface area (Å²) in [5, 5.41) is 2.51. The highest BCUT2D eigenvalue weighted by molar-refractivity contribution is 5.87. The molecule has 0 bridgehead atoms. The number of rotatable bonds is 3. The largest absolute Gasteiger partial charge is 0.491 e. The van der Waals surface area contributed by atoms with Gasteiger partial charge in [-0.05, 0) is 44.5 Å². The molecule has 0 unspecified atom stereocenters. The maximum absolute atomic E-state index is 10.6. The molecule has 4 nitrogen and oxygen atoms in total. The molecule has 15 heavy (non-hydrogen) atoms. The van der Waals surface area contributed by atoms with E-state index >= 15 is 0 Å². The van der Waals surface area contributed by atoms with Crippen LogP contribution in [0, 0.1) is 6.92 Å². The van der Waals surface area contributed by atoms with Gasteiger partial charge in [-0.2, -0.15) is 0 Å². The Morgan fingerprint density at radius 2 is 2.13 bits per heavy atom. The molecular weight excluding hydrogens is 192 g/mol. The number of aryl methyl sites for hydroxylation is 1. The predicted molar refractivity (Wildman–Crippen MR) is 60.1 cm³/mol. The van der Waals surface area contributed by atoms with E-state index in [1.54, 1.807) is 6.07 Å². The molecule has 0 fully saturated rings. The van der Waals surface area contributed by atoms with Gasteiger partial charge in [0.05, 0.1) is 6.10 Å². The van der Waals surface area contributed by atoms with E-state index in [-0.39, 0.29) is 6.10 Å². The molecule has 1 aromatic rings. The zero-order chi connectivity index (χ0) is 11.4. The van der Waals surface area contributed by atoms with Crippen molar-refractivity contribution in [2.45, 2.75) is 26.9 Å². The smallest absolute Gasteiger partial charge is 0.316 e. The van der Waals surface area contributed by atoms with E-state index in [1.165, 1.54) is 0 Å². The third kappa shape index (κ3) is 3.50. The average Bonchev–Trinajstić information content (AvgIpc) is 2.08. The van der Waals surface area contributed by atoms with Crippen molar-refractivity contribution in [2.24, 2.45) is 5.73 Å². The number of nitrogens with two attached hydrogens (primary N) is 1. The summed E-state index contributed by atoms with van der Waals surface area (Å²) < 4.78 is 5.56. The minimum absolute atomic E-state index is 0.138. The number of primary amides is 1. The molecule has 1 aromatic carbocycles. The molecule has 0 spiro atoms. The van der Waals surface area contributed by atoms with Crippen LogP contribution >= 0.6 is 0 Å². The zero-order valence-electron chi connectivity index (χ0n) is 9.20. The normalized spacial score (nSPS) is 10.1. The van der Waals surface area contributed by atoms with Gasteiger partial charge in [-0.3, -0.25) is 0 Å². The SMILES string of the molecule is Cc1cc(NC(N)=O)ccc1OC(C)C. The van der Waals surface area contributed by atoms with Crippen LogP contribution < -0.4 is 15.8 Å². The molecule has 0 atom stereocenters. The quantitative estimate of drug-likeness (QED) is 0.800. The second-order valence-electron chi connectivity index (χ2n) is 3.64. The topological polar surface area (TPSA) is 64.3 Å². The second kappa shape index (κ2) is 4.68. The van der Waals surface area contributed by atoms with Crippen molar-refractivity contribution in [3.05, 3.63) is 23.8 Å². The second-order valence-corrected chi connectivity index (χ2v) is 3.64. The number of nitrogens with one attached hydrogen (secondary N) is 1. The summed E-state index contributed by atoms with van der Waals surface area (Å²) >= 11 is 0. The standard InChI is InChI=1S/C11H16N2O2/c1-7(2)15-10-5-4-9(6-8(10)3)13-11(12)14/h4-7H,1-3H3,(H3,12,13,14). The number of hydrogen-bond donors (Lipinski definition) is 2. The highest BCUT2D eigenvalue weighted by atomic mass is 16.5. The monoisotopic (exact) mass is 208 g/mol. The van der Waals surface area contributed by atoms with Gasteiger partial charge in [0.2, 0.25) is 0 Å². The zero-order valence-corrected chi connectivity index (χ0v) is 9.20. The summed E-state index contributed by atoms with van der Waals surface area (Å²) in [6, 6.07) is 4.84. The van der Waals surface area contributed by atoms with E-state index in [0.717, 1.165) is 11.3 Å². The Balaban J connectivity index is 2.83. The van der Waals surface area contributed by atoms with Crippen LogP contribution in [0.25, 0.3) is 0 Å². The van der Waals surface area contributed by atoms with Crippen molar-refractivity contribution in [1.82, 2.24) is 0 Å². The lowest BCUT2D eigenvalue weighted by Crippen LogP contribution is -2.19. The molecule has 2 amide bonds. The van der Waals surface area contributed by atoms with Crippen molar-refractivity contribution in [3.63, 3.8) is 0 Å². The number of carbonyl (C=O) groups is 1. The molecule has 1 rings (SSSR count). The maximum atomic E-state index is 10.6. The fraction of sp³-hybridized carbons (Fsp3) is 0.364. The Kier molecular flexibility index (Phi) is 3.55. The van der Waals surface area contributed by atoms with Gasteiger partial charge in [0.1, 0.15) is 5.75 Å². The first-order valence-corrected chi connectivity index (χ1v) is 4.83. The fourth-order valence-electron chi connectivity index (χ4n) is 1.26. The van der Waals surface area contributed by atoms with Crippen molar-refractivity contribution < 1.29 is 9.53 Å². The van der Waals surface area contributed by atoms with Crippen LogP contribution in [-0.2, 0) is 0 Å². The molecule has 3 N–H and O–H groups in total. The number of amides is 2. The molecule has 0 aliphatic heterocycles. The van der Waals surface area contributed by atoms with Crippen LogP contribution in [0.2, 0.25) is 0 Å². The van der Waals surface area contributed by atoms with Gasteiger partial charge in [-0.25, -0.2) is 4.79 Å². The number of carbonyl (C=O) groups excluding carboxylic acids is 1. The van der Waals surface area contributed by atoms with Crippen molar-refractivity contribution in [2.75, 3.05) is 5.32 Å². The number of benzene rings is 1. The Bertz CT molecular complexity index is 362. The van der Waals surface area contributed by atoms with E-state index in [4.69, 9.17) is 10.5 Å². The maximum Gasteiger partial charge on any atom is 0.316 e. The minimum Gasteiger partial charge on any atom is -0.491 e. The Morgan fingerprint density at radius 1 is 1.47 bits per heavy atom. The fourth-order valence-corrected chi connectivity index (χ4v) is 1.26. The van der Waals surface area contributed by atoms with Crippen LogP contribution in [0.3, 0.4) is 0 Å². The molecule has 0 aliphatic carbocycles. The van der Waals surface area contributed by atoms with Gasteiger partial charge in [0, 0.05) is 5.69 Å². The lowest BCUT2D eigenvalue weighted by Gasteiger charge is -2.13. The number of ether oxygens (including phenoxy) is 1. The van der Waals surface area contributed by atoms with Crippen molar-refractivity contribution >= 4 is 11.7 Å². The van der Waals surface area contributed by atoms with E-state index in [2.05, 4.69) is 5.32 Å². The average molecular weight is 208 g/mol. The van der Waals surface area contributed by atoms with Gasteiger partial charge in [0.25, 0.3) is 0 Å². The third-order valence-electron chi connectivity index (χ3n) is 1.81.